The quantitative estimate of drug-likeness (QED) is 0.864. The van der Waals surface area contributed by atoms with Crippen LogP contribution in [-0.4, -0.2) is 14.8 Å². The van der Waals surface area contributed by atoms with Crippen molar-refractivity contribution in [1.29, 1.82) is 0 Å². The second-order valence-corrected chi connectivity index (χ2v) is 4.45. The SMILES string of the molecule is CC(c1cccnc1)n1ncc(I)c1N. The van der Waals surface area contributed by atoms with Gasteiger partial charge in [0.15, 0.2) is 0 Å². The molecule has 2 N–H and O–H groups in total. The van der Waals surface area contributed by atoms with Crippen molar-refractivity contribution in [2.24, 2.45) is 0 Å². The first kappa shape index (κ1) is 10.4. The topological polar surface area (TPSA) is 56.7 Å². The number of halogens is 1. The lowest BCUT2D eigenvalue weighted by atomic mass is 10.1. The van der Waals surface area contributed by atoms with Crippen molar-refractivity contribution in [3.05, 3.63) is 39.9 Å². The normalized spacial score (nSPS) is 12.7. The van der Waals surface area contributed by atoms with Crippen LogP contribution < -0.4 is 5.73 Å². The van der Waals surface area contributed by atoms with Gasteiger partial charge in [0.05, 0.1) is 15.8 Å². The van der Waals surface area contributed by atoms with Gasteiger partial charge >= 0.3 is 0 Å². The van der Waals surface area contributed by atoms with E-state index in [0.717, 1.165) is 9.13 Å². The van der Waals surface area contributed by atoms with E-state index in [9.17, 15) is 0 Å². The largest absolute Gasteiger partial charge is 0.383 e. The fourth-order valence-electron chi connectivity index (χ4n) is 1.42. The summed E-state index contributed by atoms with van der Waals surface area (Å²) in [6.45, 7) is 2.05. The maximum Gasteiger partial charge on any atom is 0.135 e. The number of nitrogen functional groups attached to an aromatic ring is 1. The van der Waals surface area contributed by atoms with Crippen LogP contribution in [0.15, 0.2) is 30.7 Å². The lowest BCUT2D eigenvalue weighted by Crippen LogP contribution is -2.11. The Morgan fingerprint density at radius 1 is 1.47 bits per heavy atom. The molecule has 2 aromatic rings. The second kappa shape index (κ2) is 4.18. The molecule has 0 saturated heterocycles. The zero-order valence-electron chi connectivity index (χ0n) is 8.26. The molecular formula is C10H11IN4. The van der Waals surface area contributed by atoms with Crippen molar-refractivity contribution in [2.75, 3.05) is 5.73 Å². The summed E-state index contributed by atoms with van der Waals surface area (Å²) in [7, 11) is 0. The van der Waals surface area contributed by atoms with Gasteiger partial charge in [-0.3, -0.25) is 4.98 Å². The lowest BCUT2D eigenvalue weighted by molar-refractivity contribution is 0.571. The molecule has 2 rings (SSSR count). The van der Waals surface area contributed by atoms with E-state index in [-0.39, 0.29) is 6.04 Å². The highest BCUT2D eigenvalue weighted by molar-refractivity contribution is 14.1. The van der Waals surface area contributed by atoms with Gasteiger partial charge in [-0.1, -0.05) is 6.07 Å². The fourth-order valence-corrected chi connectivity index (χ4v) is 1.80. The molecule has 0 radical (unpaired) electrons. The molecule has 1 atom stereocenters. The first-order valence-electron chi connectivity index (χ1n) is 4.58. The zero-order chi connectivity index (χ0) is 10.8. The van der Waals surface area contributed by atoms with Crippen molar-refractivity contribution in [3.8, 4) is 0 Å². The Bertz CT molecular complexity index is 452. The van der Waals surface area contributed by atoms with E-state index in [0.29, 0.717) is 5.82 Å². The Morgan fingerprint density at radius 2 is 2.27 bits per heavy atom. The summed E-state index contributed by atoms with van der Waals surface area (Å²) < 4.78 is 2.78. The summed E-state index contributed by atoms with van der Waals surface area (Å²) in [6, 6.07) is 4.05. The summed E-state index contributed by atoms with van der Waals surface area (Å²) in [6.07, 6.45) is 5.35. The van der Waals surface area contributed by atoms with E-state index < -0.39 is 0 Å². The van der Waals surface area contributed by atoms with Crippen LogP contribution >= 0.6 is 22.6 Å². The smallest absolute Gasteiger partial charge is 0.135 e. The van der Waals surface area contributed by atoms with Crippen LogP contribution in [0.1, 0.15) is 18.5 Å². The molecule has 0 aromatic carbocycles. The third-order valence-electron chi connectivity index (χ3n) is 2.32. The standard InChI is InChI=1S/C10H11IN4/c1-7(8-3-2-4-13-5-8)15-10(12)9(11)6-14-15/h2-7H,12H2,1H3. The molecule has 4 nitrogen and oxygen atoms in total. The van der Waals surface area contributed by atoms with Crippen molar-refractivity contribution < 1.29 is 0 Å². The molecule has 0 amide bonds. The van der Waals surface area contributed by atoms with Crippen molar-refractivity contribution in [3.63, 3.8) is 0 Å². The van der Waals surface area contributed by atoms with E-state index in [1.165, 1.54) is 0 Å². The predicted molar refractivity (Wildman–Crippen MR) is 67.4 cm³/mol. The van der Waals surface area contributed by atoms with Crippen LogP contribution in [0.5, 0.6) is 0 Å². The molecule has 0 fully saturated rings. The number of nitrogens with zero attached hydrogens (tertiary/aromatic N) is 3. The molecule has 2 heterocycles. The van der Waals surface area contributed by atoms with Gasteiger partial charge in [0.2, 0.25) is 0 Å². The Balaban J connectivity index is 2.37. The van der Waals surface area contributed by atoms with Gasteiger partial charge in [-0.25, -0.2) is 4.68 Å². The molecule has 5 heteroatoms. The van der Waals surface area contributed by atoms with E-state index >= 15 is 0 Å². The monoisotopic (exact) mass is 314 g/mol. The molecule has 0 saturated carbocycles. The molecule has 0 aliphatic heterocycles. The van der Waals surface area contributed by atoms with Crippen molar-refractivity contribution >= 4 is 28.4 Å². The average Bonchev–Trinajstić information content (AvgIpc) is 2.60. The Labute approximate surface area is 102 Å². The van der Waals surface area contributed by atoms with E-state index in [4.69, 9.17) is 5.73 Å². The van der Waals surface area contributed by atoms with Crippen LogP contribution in [0.25, 0.3) is 0 Å². The van der Waals surface area contributed by atoms with E-state index in [2.05, 4.69) is 39.6 Å². The van der Waals surface area contributed by atoms with Crippen LogP contribution in [0, 0.1) is 3.57 Å². The third kappa shape index (κ3) is 1.97. The number of hydrogen-bond donors (Lipinski definition) is 1. The van der Waals surface area contributed by atoms with Gasteiger partial charge in [-0.15, -0.1) is 0 Å². The molecular weight excluding hydrogens is 303 g/mol. The molecule has 0 aliphatic carbocycles. The summed E-state index contributed by atoms with van der Waals surface area (Å²) in [4.78, 5) is 4.08. The fraction of sp³-hybridized carbons (Fsp3) is 0.200. The highest BCUT2D eigenvalue weighted by Crippen LogP contribution is 2.22. The lowest BCUT2D eigenvalue weighted by Gasteiger charge is -2.13. The highest BCUT2D eigenvalue weighted by Gasteiger charge is 2.13. The molecule has 78 valence electrons. The predicted octanol–water partition coefficient (Wildman–Crippen LogP) is 2.07. The maximum absolute atomic E-state index is 5.91. The third-order valence-corrected chi connectivity index (χ3v) is 3.15. The average molecular weight is 314 g/mol. The van der Waals surface area contributed by atoms with Crippen LogP contribution in [0.4, 0.5) is 5.82 Å². The van der Waals surface area contributed by atoms with E-state index in [1.807, 2.05) is 18.3 Å². The summed E-state index contributed by atoms with van der Waals surface area (Å²) in [5.74, 6) is 0.701. The minimum atomic E-state index is 0.113. The van der Waals surface area contributed by atoms with Gasteiger partial charge in [-0.05, 0) is 41.1 Å². The second-order valence-electron chi connectivity index (χ2n) is 3.28. The van der Waals surface area contributed by atoms with Gasteiger partial charge in [-0.2, -0.15) is 5.10 Å². The molecule has 2 aromatic heterocycles. The number of anilines is 1. The highest BCUT2D eigenvalue weighted by atomic mass is 127. The van der Waals surface area contributed by atoms with Gasteiger partial charge < -0.3 is 5.73 Å². The number of rotatable bonds is 2. The van der Waals surface area contributed by atoms with Gasteiger partial charge in [0.1, 0.15) is 5.82 Å². The number of hydrogen-bond acceptors (Lipinski definition) is 3. The minimum Gasteiger partial charge on any atom is -0.383 e. The van der Waals surface area contributed by atoms with Crippen LogP contribution in [-0.2, 0) is 0 Å². The van der Waals surface area contributed by atoms with Gasteiger partial charge in [0.25, 0.3) is 0 Å². The van der Waals surface area contributed by atoms with Crippen molar-refractivity contribution in [1.82, 2.24) is 14.8 Å². The van der Waals surface area contributed by atoms with E-state index in [1.54, 1.807) is 17.1 Å². The van der Waals surface area contributed by atoms with Crippen LogP contribution in [0.2, 0.25) is 0 Å². The molecule has 0 bridgehead atoms. The number of aromatic nitrogens is 3. The summed E-state index contributed by atoms with van der Waals surface area (Å²) in [5, 5.41) is 4.25. The Morgan fingerprint density at radius 3 is 2.80 bits per heavy atom. The number of nitrogens with two attached hydrogens (primary N) is 1. The molecule has 15 heavy (non-hydrogen) atoms. The zero-order valence-corrected chi connectivity index (χ0v) is 10.4. The molecule has 1 unspecified atom stereocenters. The van der Waals surface area contributed by atoms with Crippen LogP contribution in [0.3, 0.4) is 0 Å². The maximum atomic E-state index is 5.91. The first-order chi connectivity index (χ1) is 7.20. The Kier molecular flexibility index (Phi) is 2.90. The molecule has 0 spiro atoms. The summed E-state index contributed by atoms with van der Waals surface area (Å²) in [5.41, 5.74) is 7.01. The van der Waals surface area contributed by atoms with Gasteiger partial charge in [0, 0.05) is 12.4 Å². The number of pyridine rings is 1. The summed E-state index contributed by atoms with van der Waals surface area (Å²) >= 11 is 2.17. The molecule has 0 aliphatic rings. The minimum absolute atomic E-state index is 0.113. The van der Waals surface area contributed by atoms with Crippen molar-refractivity contribution in [2.45, 2.75) is 13.0 Å². The Hall–Kier alpha value is -1.11. The first-order valence-corrected chi connectivity index (χ1v) is 5.66.